The minimum atomic E-state index is -0.287. The molecule has 0 N–H and O–H groups in total. The molecule has 0 bridgehead atoms. The van der Waals surface area contributed by atoms with Crippen molar-refractivity contribution >= 4 is 5.69 Å². The predicted octanol–water partition coefficient (Wildman–Crippen LogP) is 2.51. The Bertz CT molecular complexity index is 456. The van der Waals surface area contributed by atoms with Gasteiger partial charge in [0.05, 0.1) is 4.92 Å². The van der Waals surface area contributed by atoms with Crippen LogP contribution in [-0.2, 0) is 6.54 Å². The molecule has 1 aromatic rings. The Kier molecular flexibility index (Phi) is 5.09. The van der Waals surface area contributed by atoms with Crippen LogP contribution in [0.15, 0.2) is 24.3 Å². The average Bonchev–Trinajstić information content (AvgIpc) is 2.47. The average molecular weight is 277 g/mol. The molecular formula is C15H23N3O2. The van der Waals surface area contributed by atoms with Gasteiger partial charge >= 0.3 is 0 Å². The Labute approximate surface area is 120 Å². The largest absolute Gasteiger partial charge is 0.298 e. The third-order valence-electron chi connectivity index (χ3n) is 4.20. The number of nitro groups is 1. The molecule has 110 valence electrons. The molecule has 1 aliphatic heterocycles. The molecule has 5 nitrogen and oxygen atoms in total. The van der Waals surface area contributed by atoms with Crippen molar-refractivity contribution in [2.24, 2.45) is 0 Å². The molecule has 0 amide bonds. The second kappa shape index (κ2) is 6.81. The molecule has 1 aliphatic rings. The van der Waals surface area contributed by atoms with Crippen LogP contribution in [0.5, 0.6) is 0 Å². The highest BCUT2D eigenvalue weighted by molar-refractivity contribution is 5.39. The van der Waals surface area contributed by atoms with Crippen molar-refractivity contribution in [3.63, 3.8) is 0 Å². The van der Waals surface area contributed by atoms with E-state index in [-0.39, 0.29) is 10.6 Å². The highest BCUT2D eigenvalue weighted by Crippen LogP contribution is 2.20. The second-order valence-corrected chi connectivity index (χ2v) is 5.46. The fraction of sp³-hybridized carbons (Fsp3) is 0.600. The summed E-state index contributed by atoms with van der Waals surface area (Å²) in [4.78, 5) is 15.5. The molecule has 0 unspecified atom stereocenters. The predicted molar refractivity (Wildman–Crippen MR) is 79.7 cm³/mol. The van der Waals surface area contributed by atoms with Crippen LogP contribution in [0.3, 0.4) is 0 Å². The number of hydrogen-bond acceptors (Lipinski definition) is 4. The van der Waals surface area contributed by atoms with Crippen molar-refractivity contribution < 1.29 is 4.92 Å². The highest BCUT2D eigenvalue weighted by Gasteiger charge is 2.22. The lowest BCUT2D eigenvalue weighted by Gasteiger charge is -2.37. The fourth-order valence-corrected chi connectivity index (χ4v) is 2.68. The first-order valence-electron chi connectivity index (χ1n) is 7.30. The van der Waals surface area contributed by atoms with Gasteiger partial charge in [0.2, 0.25) is 0 Å². The summed E-state index contributed by atoms with van der Waals surface area (Å²) in [7, 11) is 0. The van der Waals surface area contributed by atoms with E-state index in [0.29, 0.717) is 12.6 Å². The number of nitrogens with zero attached hydrogens (tertiary/aromatic N) is 3. The van der Waals surface area contributed by atoms with Crippen molar-refractivity contribution in [3.8, 4) is 0 Å². The van der Waals surface area contributed by atoms with Gasteiger partial charge in [0, 0.05) is 50.4 Å². The number of hydrogen-bond donors (Lipinski definition) is 0. The van der Waals surface area contributed by atoms with Gasteiger partial charge in [-0.25, -0.2) is 0 Å². The van der Waals surface area contributed by atoms with Gasteiger partial charge in [-0.3, -0.25) is 19.9 Å². The summed E-state index contributed by atoms with van der Waals surface area (Å²) in [6.07, 6.45) is 1.17. The second-order valence-electron chi connectivity index (χ2n) is 5.46. The normalized spacial score (nSPS) is 18.9. The number of nitro benzene ring substituents is 1. The number of piperazine rings is 1. The smallest absolute Gasteiger partial charge is 0.273 e. The van der Waals surface area contributed by atoms with Crippen LogP contribution in [0.1, 0.15) is 25.8 Å². The maximum absolute atomic E-state index is 11.0. The van der Waals surface area contributed by atoms with E-state index in [9.17, 15) is 10.1 Å². The molecule has 0 radical (unpaired) electrons. The van der Waals surface area contributed by atoms with E-state index in [1.165, 1.54) is 6.42 Å². The van der Waals surface area contributed by atoms with E-state index < -0.39 is 0 Å². The van der Waals surface area contributed by atoms with Crippen LogP contribution in [0.2, 0.25) is 0 Å². The Hall–Kier alpha value is -1.46. The number of para-hydroxylation sites is 1. The van der Waals surface area contributed by atoms with Crippen molar-refractivity contribution in [1.29, 1.82) is 0 Å². The lowest BCUT2D eigenvalue weighted by Crippen LogP contribution is -2.49. The molecule has 0 spiro atoms. The van der Waals surface area contributed by atoms with Gasteiger partial charge in [-0.05, 0) is 13.3 Å². The van der Waals surface area contributed by atoms with E-state index in [2.05, 4.69) is 23.6 Å². The zero-order valence-corrected chi connectivity index (χ0v) is 12.3. The molecule has 5 heteroatoms. The van der Waals surface area contributed by atoms with Crippen LogP contribution in [-0.4, -0.2) is 46.9 Å². The number of rotatable bonds is 5. The summed E-state index contributed by atoms with van der Waals surface area (Å²) in [5.74, 6) is 0. The fourth-order valence-electron chi connectivity index (χ4n) is 2.68. The standard InChI is InChI=1S/C15H23N3O2/c1-3-13(2)17-10-8-16(9-11-17)12-14-6-4-5-7-15(14)18(19)20/h4-7,13H,3,8-12H2,1-2H3/t13-/m1/s1. The van der Waals surface area contributed by atoms with Gasteiger partial charge in [-0.1, -0.05) is 25.1 Å². The van der Waals surface area contributed by atoms with E-state index in [1.807, 2.05) is 12.1 Å². The van der Waals surface area contributed by atoms with Gasteiger partial charge in [0.1, 0.15) is 0 Å². The molecule has 20 heavy (non-hydrogen) atoms. The Balaban J connectivity index is 1.95. The van der Waals surface area contributed by atoms with E-state index in [0.717, 1.165) is 31.7 Å². The van der Waals surface area contributed by atoms with Gasteiger partial charge in [-0.2, -0.15) is 0 Å². The molecule has 0 saturated carbocycles. The van der Waals surface area contributed by atoms with Crippen LogP contribution in [0.25, 0.3) is 0 Å². The van der Waals surface area contributed by atoms with E-state index in [1.54, 1.807) is 12.1 Å². The molecule has 1 fully saturated rings. The third kappa shape index (κ3) is 3.55. The maximum Gasteiger partial charge on any atom is 0.273 e. The summed E-state index contributed by atoms with van der Waals surface area (Å²) >= 11 is 0. The molecule has 2 rings (SSSR count). The van der Waals surface area contributed by atoms with Crippen LogP contribution in [0.4, 0.5) is 5.69 Å². The molecule has 0 aliphatic carbocycles. The summed E-state index contributed by atoms with van der Waals surface area (Å²) in [6.45, 7) is 9.21. The van der Waals surface area contributed by atoms with Gasteiger partial charge in [-0.15, -0.1) is 0 Å². The summed E-state index contributed by atoms with van der Waals surface area (Å²) < 4.78 is 0. The zero-order valence-electron chi connectivity index (χ0n) is 12.3. The zero-order chi connectivity index (χ0) is 14.5. The minimum Gasteiger partial charge on any atom is -0.298 e. The molecule has 1 atom stereocenters. The summed E-state index contributed by atoms with van der Waals surface area (Å²) in [6, 6.07) is 7.67. The lowest BCUT2D eigenvalue weighted by atomic mass is 10.1. The number of benzene rings is 1. The molecule has 1 heterocycles. The van der Waals surface area contributed by atoms with Crippen molar-refractivity contribution in [2.45, 2.75) is 32.9 Å². The van der Waals surface area contributed by atoms with Gasteiger partial charge < -0.3 is 0 Å². The first kappa shape index (κ1) is 14.9. The van der Waals surface area contributed by atoms with Gasteiger partial charge in [0.15, 0.2) is 0 Å². The third-order valence-corrected chi connectivity index (χ3v) is 4.20. The van der Waals surface area contributed by atoms with Gasteiger partial charge in [0.25, 0.3) is 5.69 Å². The molecular weight excluding hydrogens is 254 g/mol. The monoisotopic (exact) mass is 277 g/mol. The summed E-state index contributed by atoms with van der Waals surface area (Å²) in [5.41, 5.74) is 1.05. The first-order chi connectivity index (χ1) is 9.61. The van der Waals surface area contributed by atoms with Crippen LogP contribution >= 0.6 is 0 Å². The quantitative estimate of drug-likeness (QED) is 0.613. The summed E-state index contributed by atoms with van der Waals surface area (Å²) in [5, 5.41) is 11.0. The van der Waals surface area contributed by atoms with E-state index >= 15 is 0 Å². The Morgan fingerprint density at radius 3 is 2.50 bits per heavy atom. The van der Waals surface area contributed by atoms with Crippen molar-refractivity contribution in [1.82, 2.24) is 9.80 Å². The Morgan fingerprint density at radius 2 is 1.90 bits per heavy atom. The SMILES string of the molecule is CC[C@@H](C)N1CCN(Cc2ccccc2[N+](=O)[O-])CC1. The lowest BCUT2D eigenvalue weighted by molar-refractivity contribution is -0.385. The van der Waals surface area contributed by atoms with E-state index in [4.69, 9.17) is 0 Å². The minimum absolute atomic E-state index is 0.233. The Morgan fingerprint density at radius 1 is 1.25 bits per heavy atom. The topological polar surface area (TPSA) is 49.6 Å². The maximum atomic E-state index is 11.0. The van der Waals surface area contributed by atoms with Crippen LogP contribution in [0, 0.1) is 10.1 Å². The van der Waals surface area contributed by atoms with Crippen molar-refractivity contribution in [3.05, 3.63) is 39.9 Å². The highest BCUT2D eigenvalue weighted by atomic mass is 16.6. The molecule has 1 aromatic carbocycles. The molecule has 1 saturated heterocycles. The van der Waals surface area contributed by atoms with Crippen molar-refractivity contribution in [2.75, 3.05) is 26.2 Å². The first-order valence-corrected chi connectivity index (χ1v) is 7.30. The van der Waals surface area contributed by atoms with Crippen LogP contribution < -0.4 is 0 Å². The molecule has 0 aromatic heterocycles.